The third-order valence-corrected chi connectivity index (χ3v) is 5.95. The first-order valence-corrected chi connectivity index (χ1v) is 9.18. The fourth-order valence-electron chi connectivity index (χ4n) is 2.52. The first-order valence-electron chi connectivity index (χ1n) is 6.98. The van der Waals surface area contributed by atoms with Gasteiger partial charge in [-0.2, -0.15) is 0 Å². The predicted molar refractivity (Wildman–Crippen MR) is 94.9 cm³/mol. The van der Waals surface area contributed by atoms with Gasteiger partial charge in [0.1, 0.15) is 5.69 Å². The normalized spacial score (nSPS) is 11.9. The molecule has 3 aromatic rings. The van der Waals surface area contributed by atoms with Crippen molar-refractivity contribution in [1.29, 1.82) is 0 Å². The Bertz CT molecular complexity index is 1060. The molecule has 10 heteroatoms. The van der Waals surface area contributed by atoms with Gasteiger partial charge in [-0.3, -0.25) is 10.4 Å². The Morgan fingerprint density at radius 2 is 1.84 bits per heavy atom. The summed E-state index contributed by atoms with van der Waals surface area (Å²) in [4.78, 5) is -0.171. The van der Waals surface area contributed by atoms with Gasteiger partial charge in [-0.15, -0.1) is 5.23 Å². The van der Waals surface area contributed by atoms with Crippen LogP contribution in [0, 0.1) is 0 Å². The summed E-state index contributed by atoms with van der Waals surface area (Å²) in [6.07, 6.45) is 1.42. The Hall–Kier alpha value is -1.81. The van der Waals surface area contributed by atoms with Crippen LogP contribution in [-0.4, -0.2) is 22.8 Å². The molecule has 0 saturated carbocycles. The number of anilines is 1. The van der Waals surface area contributed by atoms with Crippen LogP contribution >= 0.6 is 23.2 Å². The molecule has 3 rings (SSSR count). The van der Waals surface area contributed by atoms with Crippen molar-refractivity contribution in [3.05, 3.63) is 58.2 Å². The minimum absolute atomic E-state index is 0.0178. The van der Waals surface area contributed by atoms with Gasteiger partial charge in [0.25, 0.3) is 10.0 Å². The minimum atomic E-state index is -4.03. The number of fused-ring (bicyclic) bond motifs is 1. The lowest BCUT2D eigenvalue weighted by Crippen LogP contribution is -2.15. The van der Waals surface area contributed by atoms with Crippen molar-refractivity contribution in [3.8, 4) is 0 Å². The Balaban J connectivity index is 2.25. The Kier molecular flexibility index (Phi) is 4.67. The number of benzene rings is 2. The highest BCUT2D eigenvalue weighted by Crippen LogP contribution is 2.31. The predicted octanol–water partition coefficient (Wildman–Crippen LogP) is 3.23. The molecule has 0 saturated heterocycles. The monoisotopic (exact) mass is 401 g/mol. The van der Waals surface area contributed by atoms with Crippen LogP contribution in [0.3, 0.4) is 0 Å². The summed E-state index contributed by atoms with van der Waals surface area (Å²) in [5.41, 5.74) is 6.46. The molecule has 132 valence electrons. The largest absolute Gasteiger partial charge is 0.326 e. The Morgan fingerprint density at radius 1 is 1.12 bits per heavy atom. The van der Waals surface area contributed by atoms with Crippen molar-refractivity contribution in [3.63, 3.8) is 0 Å². The van der Waals surface area contributed by atoms with Crippen LogP contribution in [0.25, 0.3) is 10.9 Å². The standard InChI is InChI=1S/C15H13Cl2N3O4S/c16-10-1-4-14-12(5-10)9(7-18)8-19(14)25(23,24)11-2-3-13(17)15(6-11)20(21)22/h1-6,8,21-22H,7,18H2. The highest BCUT2D eigenvalue weighted by atomic mass is 35.5. The maximum absolute atomic E-state index is 13.0. The Labute approximate surface area is 153 Å². The van der Waals surface area contributed by atoms with Crippen LogP contribution in [-0.2, 0) is 16.6 Å². The molecule has 0 fully saturated rings. The van der Waals surface area contributed by atoms with Gasteiger partial charge in [0.15, 0.2) is 0 Å². The molecule has 1 aromatic heterocycles. The highest BCUT2D eigenvalue weighted by molar-refractivity contribution is 7.90. The third-order valence-electron chi connectivity index (χ3n) is 3.72. The molecule has 0 bridgehead atoms. The van der Waals surface area contributed by atoms with Crippen LogP contribution in [0.1, 0.15) is 5.56 Å². The molecule has 4 N–H and O–H groups in total. The zero-order valence-electron chi connectivity index (χ0n) is 12.6. The second-order valence-electron chi connectivity index (χ2n) is 5.22. The molecule has 0 aliphatic heterocycles. The summed E-state index contributed by atoms with van der Waals surface area (Å²) in [7, 11) is -4.03. The lowest BCUT2D eigenvalue weighted by Gasteiger charge is -2.13. The van der Waals surface area contributed by atoms with Crippen molar-refractivity contribution in [1.82, 2.24) is 3.97 Å². The van der Waals surface area contributed by atoms with E-state index >= 15 is 0 Å². The number of rotatable bonds is 4. The summed E-state index contributed by atoms with van der Waals surface area (Å²) in [5.74, 6) is 0. The average molecular weight is 402 g/mol. The van der Waals surface area contributed by atoms with Crippen LogP contribution in [0.4, 0.5) is 5.69 Å². The summed E-state index contributed by atoms with van der Waals surface area (Å²) in [5, 5.41) is 19.2. The molecule has 0 aliphatic rings. The van der Waals surface area contributed by atoms with Crippen molar-refractivity contribution in [2.24, 2.45) is 5.73 Å². The fraction of sp³-hybridized carbons (Fsp3) is 0.0667. The molecule has 0 aliphatic carbocycles. The number of nitrogens with two attached hydrogens (primary N) is 1. The van der Waals surface area contributed by atoms with Crippen molar-refractivity contribution < 1.29 is 18.8 Å². The average Bonchev–Trinajstić information content (AvgIpc) is 2.93. The third kappa shape index (κ3) is 3.08. The van der Waals surface area contributed by atoms with Gasteiger partial charge in [0, 0.05) is 23.2 Å². The number of aromatic nitrogens is 1. The summed E-state index contributed by atoms with van der Waals surface area (Å²) >= 11 is 11.8. The molecule has 2 aromatic carbocycles. The number of nitrogens with zero attached hydrogens (tertiary/aromatic N) is 2. The van der Waals surface area contributed by atoms with E-state index in [9.17, 15) is 18.8 Å². The fourth-order valence-corrected chi connectivity index (χ4v) is 4.30. The quantitative estimate of drug-likeness (QED) is 0.579. The van der Waals surface area contributed by atoms with E-state index in [1.54, 1.807) is 18.2 Å². The molecule has 0 radical (unpaired) electrons. The van der Waals surface area contributed by atoms with Gasteiger partial charge in [-0.25, -0.2) is 12.4 Å². The van der Waals surface area contributed by atoms with Gasteiger partial charge in [-0.1, -0.05) is 23.2 Å². The molecule has 0 spiro atoms. The van der Waals surface area contributed by atoms with Crippen LogP contribution in [0.5, 0.6) is 0 Å². The van der Waals surface area contributed by atoms with E-state index in [1.165, 1.54) is 18.3 Å². The summed E-state index contributed by atoms with van der Waals surface area (Å²) < 4.78 is 27.1. The topological polar surface area (TPSA) is 109 Å². The van der Waals surface area contributed by atoms with Gasteiger partial charge in [0.2, 0.25) is 0 Å². The number of halogens is 2. The van der Waals surface area contributed by atoms with Gasteiger partial charge < -0.3 is 5.73 Å². The van der Waals surface area contributed by atoms with E-state index in [1.807, 2.05) is 0 Å². The zero-order chi connectivity index (χ0) is 18.4. The van der Waals surface area contributed by atoms with Crippen molar-refractivity contribution in [2.75, 3.05) is 5.23 Å². The van der Waals surface area contributed by atoms with E-state index in [2.05, 4.69) is 0 Å². The molecular weight excluding hydrogens is 389 g/mol. The second-order valence-corrected chi connectivity index (χ2v) is 7.88. The lowest BCUT2D eigenvalue weighted by atomic mass is 10.2. The maximum Gasteiger partial charge on any atom is 0.268 e. The minimum Gasteiger partial charge on any atom is -0.326 e. The highest BCUT2D eigenvalue weighted by Gasteiger charge is 2.23. The van der Waals surface area contributed by atoms with Crippen molar-refractivity contribution >= 4 is 49.8 Å². The van der Waals surface area contributed by atoms with Crippen LogP contribution in [0.2, 0.25) is 10.0 Å². The van der Waals surface area contributed by atoms with Crippen LogP contribution in [0.15, 0.2) is 47.5 Å². The van der Waals surface area contributed by atoms with E-state index in [4.69, 9.17) is 28.9 Å². The molecule has 0 amide bonds. The van der Waals surface area contributed by atoms with E-state index in [-0.39, 0.29) is 27.4 Å². The van der Waals surface area contributed by atoms with E-state index < -0.39 is 10.0 Å². The van der Waals surface area contributed by atoms with E-state index in [0.29, 0.717) is 21.5 Å². The van der Waals surface area contributed by atoms with Gasteiger partial charge >= 0.3 is 0 Å². The summed E-state index contributed by atoms with van der Waals surface area (Å²) in [6, 6.07) is 8.38. The first-order chi connectivity index (χ1) is 11.8. The summed E-state index contributed by atoms with van der Waals surface area (Å²) in [6.45, 7) is 0.131. The Morgan fingerprint density at radius 3 is 2.48 bits per heavy atom. The maximum atomic E-state index is 13.0. The van der Waals surface area contributed by atoms with Crippen LogP contribution < -0.4 is 11.0 Å². The van der Waals surface area contributed by atoms with Gasteiger partial charge in [-0.05, 0) is 42.0 Å². The number of hydrogen-bond acceptors (Lipinski definition) is 6. The molecular formula is C15H13Cl2N3O4S. The number of hydrogen-bond donors (Lipinski definition) is 3. The first kappa shape index (κ1) is 18.0. The van der Waals surface area contributed by atoms with Gasteiger partial charge in [0.05, 0.1) is 15.4 Å². The molecule has 1 heterocycles. The van der Waals surface area contributed by atoms with Crippen molar-refractivity contribution in [2.45, 2.75) is 11.4 Å². The molecule has 25 heavy (non-hydrogen) atoms. The molecule has 0 atom stereocenters. The van der Waals surface area contributed by atoms with E-state index in [0.717, 1.165) is 10.0 Å². The SMILES string of the molecule is NCc1cn(S(=O)(=O)c2ccc(Cl)c(N(O)O)c2)c2ccc(Cl)cc12. The molecule has 0 unspecified atom stereocenters. The molecule has 7 nitrogen and oxygen atoms in total. The second kappa shape index (κ2) is 6.49. The smallest absolute Gasteiger partial charge is 0.268 e. The zero-order valence-corrected chi connectivity index (χ0v) is 14.9. The lowest BCUT2D eigenvalue weighted by molar-refractivity contribution is 0.0291.